The van der Waals surface area contributed by atoms with E-state index in [1.54, 1.807) is 0 Å². The number of benzene rings is 1. The maximum absolute atomic E-state index is 6.10. The number of aromatic nitrogens is 2. The molecule has 0 radical (unpaired) electrons. The van der Waals surface area contributed by atoms with Gasteiger partial charge in [-0.05, 0) is 36.5 Å². The van der Waals surface area contributed by atoms with Gasteiger partial charge in [-0.1, -0.05) is 47.8 Å². The molecule has 0 saturated heterocycles. The molecule has 0 amide bonds. The van der Waals surface area contributed by atoms with Crippen LogP contribution >= 0.6 is 15.9 Å². The zero-order chi connectivity index (χ0) is 14.1. The molecule has 0 atom stereocenters. The number of H-pyrrole nitrogens is 1. The predicted octanol–water partition coefficient (Wildman–Crippen LogP) is 4.72. The molecule has 4 heteroatoms. The lowest BCUT2D eigenvalue weighted by molar-refractivity contribution is 0.344. The second kappa shape index (κ2) is 5.60. The van der Waals surface area contributed by atoms with E-state index in [1.807, 2.05) is 12.1 Å². The van der Waals surface area contributed by atoms with Crippen LogP contribution in [0.3, 0.4) is 0 Å². The molecule has 0 spiro atoms. The maximum Gasteiger partial charge on any atom is 0.153 e. The SMILES string of the molecule is CC1CCC(c2[nH]nc(N)c2-c2cccc(Br)c2)CC1. The minimum absolute atomic E-state index is 0.560. The van der Waals surface area contributed by atoms with Crippen LogP contribution < -0.4 is 5.73 Å². The summed E-state index contributed by atoms with van der Waals surface area (Å²) in [6.45, 7) is 2.34. The van der Waals surface area contributed by atoms with Gasteiger partial charge in [-0.25, -0.2) is 0 Å². The normalized spacial score (nSPS) is 22.9. The molecule has 0 bridgehead atoms. The molecule has 1 aromatic carbocycles. The van der Waals surface area contributed by atoms with Gasteiger partial charge in [0, 0.05) is 21.6 Å². The van der Waals surface area contributed by atoms with Crippen LogP contribution in [-0.4, -0.2) is 10.2 Å². The number of rotatable bonds is 2. The van der Waals surface area contributed by atoms with Crippen LogP contribution in [0, 0.1) is 5.92 Å². The summed E-state index contributed by atoms with van der Waals surface area (Å²) < 4.78 is 1.07. The van der Waals surface area contributed by atoms with Gasteiger partial charge >= 0.3 is 0 Å². The van der Waals surface area contributed by atoms with Gasteiger partial charge in [0.1, 0.15) is 0 Å². The largest absolute Gasteiger partial charge is 0.382 e. The van der Waals surface area contributed by atoms with Gasteiger partial charge in [0.25, 0.3) is 0 Å². The lowest BCUT2D eigenvalue weighted by Gasteiger charge is -2.26. The Labute approximate surface area is 128 Å². The van der Waals surface area contributed by atoms with Crippen molar-refractivity contribution >= 4 is 21.7 Å². The highest BCUT2D eigenvalue weighted by Crippen LogP contribution is 2.41. The fourth-order valence-corrected chi connectivity index (χ4v) is 3.56. The van der Waals surface area contributed by atoms with Gasteiger partial charge in [0.15, 0.2) is 5.82 Å². The minimum atomic E-state index is 0.560. The first-order chi connectivity index (χ1) is 9.65. The van der Waals surface area contributed by atoms with E-state index < -0.39 is 0 Å². The van der Waals surface area contributed by atoms with Crippen LogP contribution in [0.25, 0.3) is 11.1 Å². The van der Waals surface area contributed by atoms with Crippen LogP contribution in [0.2, 0.25) is 0 Å². The van der Waals surface area contributed by atoms with Crippen molar-refractivity contribution in [2.24, 2.45) is 5.92 Å². The van der Waals surface area contributed by atoms with Crippen LogP contribution in [-0.2, 0) is 0 Å². The van der Waals surface area contributed by atoms with E-state index in [9.17, 15) is 0 Å². The minimum Gasteiger partial charge on any atom is -0.382 e. The third kappa shape index (κ3) is 2.62. The molecule has 1 fully saturated rings. The molecule has 3 N–H and O–H groups in total. The molecule has 106 valence electrons. The Kier molecular flexibility index (Phi) is 3.83. The fraction of sp³-hybridized carbons (Fsp3) is 0.438. The monoisotopic (exact) mass is 333 g/mol. The molecule has 3 rings (SSSR count). The zero-order valence-electron chi connectivity index (χ0n) is 11.7. The molecule has 1 aliphatic rings. The molecule has 0 unspecified atom stereocenters. The van der Waals surface area contributed by atoms with Gasteiger partial charge in [0.05, 0.1) is 0 Å². The highest BCUT2D eigenvalue weighted by atomic mass is 79.9. The second-order valence-electron chi connectivity index (χ2n) is 5.86. The molecule has 1 aromatic heterocycles. The first-order valence-corrected chi connectivity index (χ1v) is 8.04. The van der Waals surface area contributed by atoms with Crippen molar-refractivity contribution in [2.75, 3.05) is 5.73 Å². The average molecular weight is 334 g/mol. The molecular formula is C16H20BrN3. The Morgan fingerprint density at radius 2 is 2.00 bits per heavy atom. The average Bonchev–Trinajstić information content (AvgIpc) is 2.81. The quantitative estimate of drug-likeness (QED) is 0.835. The van der Waals surface area contributed by atoms with Crippen LogP contribution in [0.4, 0.5) is 5.82 Å². The summed E-state index contributed by atoms with van der Waals surface area (Å²) in [5.74, 6) is 2.02. The predicted molar refractivity (Wildman–Crippen MR) is 86.5 cm³/mol. The molecular weight excluding hydrogens is 314 g/mol. The summed E-state index contributed by atoms with van der Waals surface area (Å²) in [6, 6.07) is 8.28. The number of nitrogens with two attached hydrogens (primary N) is 1. The van der Waals surface area contributed by atoms with E-state index in [2.05, 4.69) is 45.2 Å². The van der Waals surface area contributed by atoms with Crippen LogP contribution in [0.1, 0.15) is 44.2 Å². The van der Waals surface area contributed by atoms with Crippen LogP contribution in [0.5, 0.6) is 0 Å². The lowest BCUT2D eigenvalue weighted by Crippen LogP contribution is -2.12. The Hall–Kier alpha value is -1.29. The number of halogens is 1. The molecule has 1 saturated carbocycles. The van der Waals surface area contributed by atoms with Gasteiger partial charge in [-0.15, -0.1) is 0 Å². The van der Waals surface area contributed by atoms with E-state index in [0.717, 1.165) is 21.5 Å². The van der Waals surface area contributed by atoms with Gasteiger partial charge in [0.2, 0.25) is 0 Å². The fourth-order valence-electron chi connectivity index (χ4n) is 3.16. The topological polar surface area (TPSA) is 54.7 Å². The number of hydrogen-bond donors (Lipinski definition) is 2. The molecule has 1 aliphatic carbocycles. The third-order valence-corrected chi connectivity index (χ3v) is 4.85. The number of nitrogen functional groups attached to an aromatic ring is 1. The number of aromatic amines is 1. The molecule has 0 aliphatic heterocycles. The van der Waals surface area contributed by atoms with E-state index >= 15 is 0 Å². The van der Waals surface area contributed by atoms with Crippen molar-refractivity contribution in [2.45, 2.75) is 38.5 Å². The van der Waals surface area contributed by atoms with E-state index in [1.165, 1.54) is 31.4 Å². The van der Waals surface area contributed by atoms with Crippen molar-refractivity contribution < 1.29 is 0 Å². The highest BCUT2D eigenvalue weighted by Gasteiger charge is 2.25. The second-order valence-corrected chi connectivity index (χ2v) is 6.78. The molecule has 1 heterocycles. The van der Waals surface area contributed by atoms with E-state index in [0.29, 0.717) is 11.7 Å². The summed E-state index contributed by atoms with van der Waals surface area (Å²) in [6.07, 6.45) is 5.04. The van der Waals surface area contributed by atoms with Gasteiger partial charge in [-0.2, -0.15) is 5.10 Å². The zero-order valence-corrected chi connectivity index (χ0v) is 13.3. The molecule has 3 nitrogen and oxygen atoms in total. The standard InChI is InChI=1S/C16H20BrN3/c1-10-5-7-11(8-6-10)15-14(16(18)20-19-15)12-3-2-4-13(17)9-12/h2-4,9-11H,5-8H2,1H3,(H3,18,19,20). The summed E-state index contributed by atoms with van der Waals surface area (Å²) in [7, 11) is 0. The lowest BCUT2D eigenvalue weighted by atomic mass is 9.80. The Balaban J connectivity index is 1.97. The number of hydrogen-bond acceptors (Lipinski definition) is 2. The van der Waals surface area contributed by atoms with Crippen molar-refractivity contribution in [3.63, 3.8) is 0 Å². The summed E-state index contributed by atoms with van der Waals surface area (Å²) in [5.41, 5.74) is 9.54. The summed E-state index contributed by atoms with van der Waals surface area (Å²) in [5, 5.41) is 7.44. The Morgan fingerprint density at radius 3 is 2.70 bits per heavy atom. The van der Waals surface area contributed by atoms with E-state index in [4.69, 9.17) is 5.73 Å². The Bertz CT molecular complexity index is 598. The van der Waals surface area contributed by atoms with Crippen molar-refractivity contribution in [1.82, 2.24) is 10.2 Å². The highest BCUT2D eigenvalue weighted by molar-refractivity contribution is 9.10. The third-order valence-electron chi connectivity index (χ3n) is 4.36. The van der Waals surface area contributed by atoms with Gasteiger partial charge < -0.3 is 5.73 Å². The van der Waals surface area contributed by atoms with Crippen LogP contribution in [0.15, 0.2) is 28.7 Å². The first-order valence-electron chi connectivity index (χ1n) is 7.25. The summed E-state index contributed by atoms with van der Waals surface area (Å²) >= 11 is 3.53. The maximum atomic E-state index is 6.10. The first kappa shape index (κ1) is 13.7. The number of nitrogens with one attached hydrogen (secondary N) is 1. The molecule has 2 aromatic rings. The number of anilines is 1. The summed E-state index contributed by atoms with van der Waals surface area (Å²) in [4.78, 5) is 0. The van der Waals surface area contributed by atoms with E-state index in [-0.39, 0.29) is 0 Å². The Morgan fingerprint density at radius 1 is 1.25 bits per heavy atom. The molecule has 20 heavy (non-hydrogen) atoms. The van der Waals surface area contributed by atoms with Gasteiger partial charge in [-0.3, -0.25) is 5.10 Å². The van der Waals surface area contributed by atoms with Crippen molar-refractivity contribution in [3.8, 4) is 11.1 Å². The van der Waals surface area contributed by atoms with Crippen molar-refractivity contribution in [1.29, 1.82) is 0 Å². The number of nitrogens with zero attached hydrogens (tertiary/aromatic N) is 1. The van der Waals surface area contributed by atoms with Crippen molar-refractivity contribution in [3.05, 3.63) is 34.4 Å². The smallest absolute Gasteiger partial charge is 0.153 e.